The minimum atomic E-state index is -0.0332. The molecule has 0 fully saturated rings. The first-order valence-corrected chi connectivity index (χ1v) is 6.57. The Morgan fingerprint density at radius 2 is 1.86 bits per heavy atom. The Hall–Kier alpha value is -2.56. The summed E-state index contributed by atoms with van der Waals surface area (Å²) in [6, 6.07) is 9.14. The van der Waals surface area contributed by atoms with E-state index in [1.54, 1.807) is 38.2 Å². The second-order valence-corrected chi connectivity index (χ2v) is 4.99. The summed E-state index contributed by atoms with van der Waals surface area (Å²) in [5.41, 5.74) is 9.05. The second-order valence-electron chi connectivity index (χ2n) is 4.99. The number of hydrogen-bond donors (Lipinski definition) is 1. The lowest BCUT2D eigenvalue weighted by Crippen LogP contribution is -2.21. The summed E-state index contributed by atoms with van der Waals surface area (Å²) in [5.74, 6) is 1.10. The molecular weight excluding hydrogens is 266 g/mol. The van der Waals surface area contributed by atoms with Gasteiger partial charge >= 0.3 is 0 Å². The van der Waals surface area contributed by atoms with Gasteiger partial charge in [0.2, 0.25) is 0 Å². The Bertz CT molecular complexity index is 664. The first kappa shape index (κ1) is 14.8. The number of benzene rings is 1. The van der Waals surface area contributed by atoms with Crippen molar-refractivity contribution in [2.24, 2.45) is 0 Å². The molecule has 1 amide bonds. The lowest BCUT2D eigenvalue weighted by atomic mass is 10.0. The SMILES string of the molecule is COc1cc(-c2ccc(C(=O)N(C)C)cc2)c(N)nc1C. The van der Waals surface area contributed by atoms with Gasteiger partial charge in [0.05, 0.1) is 12.8 Å². The number of anilines is 1. The van der Waals surface area contributed by atoms with E-state index < -0.39 is 0 Å². The number of amides is 1. The smallest absolute Gasteiger partial charge is 0.253 e. The highest BCUT2D eigenvalue weighted by Crippen LogP contribution is 2.30. The summed E-state index contributed by atoms with van der Waals surface area (Å²) in [5, 5.41) is 0. The molecule has 0 saturated carbocycles. The zero-order valence-electron chi connectivity index (χ0n) is 12.7. The van der Waals surface area contributed by atoms with E-state index in [1.807, 2.05) is 25.1 Å². The third-order valence-corrected chi connectivity index (χ3v) is 3.27. The van der Waals surface area contributed by atoms with Gasteiger partial charge in [-0.2, -0.15) is 0 Å². The molecule has 5 heteroatoms. The van der Waals surface area contributed by atoms with Crippen LogP contribution in [0.15, 0.2) is 30.3 Å². The van der Waals surface area contributed by atoms with Crippen LogP contribution in [0.4, 0.5) is 5.82 Å². The van der Waals surface area contributed by atoms with E-state index in [0.717, 1.165) is 16.8 Å². The maximum absolute atomic E-state index is 11.9. The first-order valence-electron chi connectivity index (χ1n) is 6.57. The molecule has 0 bridgehead atoms. The van der Waals surface area contributed by atoms with Crippen LogP contribution in [0, 0.1) is 6.92 Å². The number of ether oxygens (including phenoxy) is 1. The van der Waals surface area contributed by atoms with E-state index in [1.165, 1.54) is 0 Å². The molecule has 2 aromatic rings. The van der Waals surface area contributed by atoms with E-state index in [2.05, 4.69) is 4.98 Å². The van der Waals surface area contributed by atoms with E-state index in [0.29, 0.717) is 17.1 Å². The number of carbonyl (C=O) groups is 1. The Morgan fingerprint density at radius 1 is 1.24 bits per heavy atom. The van der Waals surface area contributed by atoms with Gasteiger partial charge in [0.25, 0.3) is 5.91 Å². The summed E-state index contributed by atoms with van der Waals surface area (Å²) in [7, 11) is 5.05. The normalized spacial score (nSPS) is 10.3. The molecule has 5 nitrogen and oxygen atoms in total. The maximum atomic E-state index is 11.9. The van der Waals surface area contributed by atoms with Crippen LogP contribution in [0.5, 0.6) is 5.75 Å². The molecule has 0 aliphatic rings. The van der Waals surface area contributed by atoms with Crippen LogP contribution >= 0.6 is 0 Å². The van der Waals surface area contributed by atoms with Gasteiger partial charge in [-0.15, -0.1) is 0 Å². The number of aromatic nitrogens is 1. The molecule has 0 saturated heterocycles. The number of hydrogen-bond acceptors (Lipinski definition) is 4. The predicted molar refractivity (Wildman–Crippen MR) is 83.4 cm³/mol. The molecule has 2 N–H and O–H groups in total. The van der Waals surface area contributed by atoms with Crippen LogP contribution in [-0.2, 0) is 0 Å². The number of pyridine rings is 1. The van der Waals surface area contributed by atoms with Gasteiger partial charge in [-0.25, -0.2) is 4.98 Å². The van der Waals surface area contributed by atoms with Crippen molar-refractivity contribution < 1.29 is 9.53 Å². The Morgan fingerprint density at radius 3 is 2.38 bits per heavy atom. The molecule has 1 aromatic heterocycles. The third kappa shape index (κ3) is 2.97. The number of methoxy groups -OCH3 is 1. The molecule has 110 valence electrons. The average molecular weight is 285 g/mol. The molecule has 1 aromatic carbocycles. The summed E-state index contributed by atoms with van der Waals surface area (Å²) in [6.45, 7) is 1.85. The van der Waals surface area contributed by atoms with Gasteiger partial charge < -0.3 is 15.4 Å². The number of carbonyl (C=O) groups excluding carboxylic acids is 1. The lowest BCUT2D eigenvalue weighted by Gasteiger charge is -2.12. The van der Waals surface area contributed by atoms with Crippen LogP contribution in [0.3, 0.4) is 0 Å². The number of nitrogen functional groups attached to an aromatic ring is 1. The second kappa shape index (κ2) is 5.83. The molecule has 2 rings (SSSR count). The Labute approximate surface area is 124 Å². The molecule has 0 radical (unpaired) electrons. The highest BCUT2D eigenvalue weighted by molar-refractivity contribution is 5.94. The molecule has 0 atom stereocenters. The van der Waals surface area contributed by atoms with Gasteiger partial charge in [0.1, 0.15) is 11.6 Å². The third-order valence-electron chi connectivity index (χ3n) is 3.27. The molecule has 0 unspecified atom stereocenters. The molecule has 1 heterocycles. The molecule has 21 heavy (non-hydrogen) atoms. The number of rotatable bonds is 3. The van der Waals surface area contributed by atoms with E-state index in [-0.39, 0.29) is 5.91 Å². The van der Waals surface area contributed by atoms with Gasteiger partial charge in [-0.05, 0) is 30.7 Å². The molecule has 0 spiro atoms. The fourth-order valence-corrected chi connectivity index (χ4v) is 2.09. The van der Waals surface area contributed by atoms with Crippen molar-refractivity contribution in [1.29, 1.82) is 0 Å². The standard InChI is InChI=1S/C16H19N3O2/c1-10-14(21-4)9-13(15(17)18-10)11-5-7-12(8-6-11)16(20)19(2)3/h5-9H,1-4H3,(H2,17,18). The van der Waals surface area contributed by atoms with Crippen LogP contribution in [0.25, 0.3) is 11.1 Å². The summed E-state index contributed by atoms with van der Waals surface area (Å²) in [6.07, 6.45) is 0. The van der Waals surface area contributed by atoms with Crippen molar-refractivity contribution >= 4 is 11.7 Å². The number of nitrogens with zero attached hydrogens (tertiary/aromatic N) is 2. The Balaban J connectivity index is 2.41. The topological polar surface area (TPSA) is 68.5 Å². The zero-order chi connectivity index (χ0) is 15.6. The van der Waals surface area contributed by atoms with Gasteiger partial charge in [0.15, 0.2) is 0 Å². The van der Waals surface area contributed by atoms with E-state index in [9.17, 15) is 4.79 Å². The van der Waals surface area contributed by atoms with Crippen molar-refractivity contribution in [1.82, 2.24) is 9.88 Å². The molecule has 0 aliphatic carbocycles. The van der Waals surface area contributed by atoms with Gasteiger partial charge in [-0.1, -0.05) is 12.1 Å². The molecular formula is C16H19N3O2. The van der Waals surface area contributed by atoms with Crippen LogP contribution in [-0.4, -0.2) is 37.0 Å². The minimum absolute atomic E-state index is 0.0332. The largest absolute Gasteiger partial charge is 0.495 e. The highest BCUT2D eigenvalue weighted by Gasteiger charge is 2.11. The average Bonchev–Trinajstić information content (AvgIpc) is 2.47. The lowest BCUT2D eigenvalue weighted by molar-refractivity contribution is 0.0827. The highest BCUT2D eigenvalue weighted by atomic mass is 16.5. The quantitative estimate of drug-likeness (QED) is 0.940. The van der Waals surface area contributed by atoms with Crippen LogP contribution < -0.4 is 10.5 Å². The first-order chi connectivity index (χ1) is 9.93. The van der Waals surface area contributed by atoms with Crippen molar-refractivity contribution in [2.45, 2.75) is 6.92 Å². The van der Waals surface area contributed by atoms with Gasteiger partial charge in [-0.3, -0.25) is 4.79 Å². The van der Waals surface area contributed by atoms with Crippen molar-refractivity contribution in [3.63, 3.8) is 0 Å². The summed E-state index contributed by atoms with van der Waals surface area (Å²) in [4.78, 5) is 17.7. The Kier molecular flexibility index (Phi) is 4.12. The van der Waals surface area contributed by atoms with Crippen molar-refractivity contribution in [3.05, 3.63) is 41.6 Å². The van der Waals surface area contributed by atoms with Crippen molar-refractivity contribution in [2.75, 3.05) is 26.9 Å². The van der Waals surface area contributed by atoms with Gasteiger partial charge in [0, 0.05) is 25.2 Å². The summed E-state index contributed by atoms with van der Waals surface area (Å²) < 4.78 is 5.28. The monoisotopic (exact) mass is 285 g/mol. The fourth-order valence-electron chi connectivity index (χ4n) is 2.09. The number of aryl methyl sites for hydroxylation is 1. The predicted octanol–water partition coefficient (Wildman–Crippen LogP) is 2.35. The zero-order valence-corrected chi connectivity index (χ0v) is 12.7. The number of nitrogens with two attached hydrogens (primary N) is 1. The fraction of sp³-hybridized carbons (Fsp3) is 0.250. The summed E-state index contributed by atoms with van der Waals surface area (Å²) >= 11 is 0. The van der Waals surface area contributed by atoms with E-state index >= 15 is 0 Å². The van der Waals surface area contributed by atoms with Crippen LogP contribution in [0.2, 0.25) is 0 Å². The molecule has 0 aliphatic heterocycles. The maximum Gasteiger partial charge on any atom is 0.253 e. The minimum Gasteiger partial charge on any atom is -0.495 e. The van der Waals surface area contributed by atoms with Crippen molar-refractivity contribution in [3.8, 4) is 16.9 Å². The van der Waals surface area contributed by atoms with Crippen LogP contribution in [0.1, 0.15) is 16.1 Å². The van der Waals surface area contributed by atoms with E-state index in [4.69, 9.17) is 10.5 Å².